The van der Waals surface area contributed by atoms with Crippen molar-refractivity contribution in [2.24, 2.45) is 29.1 Å². The van der Waals surface area contributed by atoms with E-state index in [1.807, 2.05) is 32.9 Å². The van der Waals surface area contributed by atoms with E-state index in [9.17, 15) is 19.5 Å². The number of rotatable bonds is 9. The van der Waals surface area contributed by atoms with Gasteiger partial charge in [0.25, 0.3) is 0 Å². The van der Waals surface area contributed by atoms with E-state index in [0.717, 1.165) is 6.42 Å². The van der Waals surface area contributed by atoms with Gasteiger partial charge in [-0.05, 0) is 51.4 Å². The molecule has 2 rings (SSSR count). The van der Waals surface area contributed by atoms with Crippen molar-refractivity contribution in [3.63, 3.8) is 0 Å². The first kappa shape index (κ1) is 26.4. The quantitative estimate of drug-likeness (QED) is 0.320. The topological polar surface area (TPSA) is 95.9 Å². The first-order chi connectivity index (χ1) is 14.8. The van der Waals surface area contributed by atoms with Gasteiger partial charge in [0.05, 0.1) is 18.4 Å². The third-order valence-electron chi connectivity index (χ3n) is 6.34. The van der Waals surface area contributed by atoms with Gasteiger partial charge in [0.1, 0.15) is 6.04 Å². The molecule has 2 aliphatic rings. The Balaban J connectivity index is 2.37. The zero-order chi connectivity index (χ0) is 24.3. The van der Waals surface area contributed by atoms with Gasteiger partial charge >= 0.3 is 5.97 Å². The predicted molar refractivity (Wildman–Crippen MR) is 124 cm³/mol. The number of allylic oxidation sites excluding steroid dienone is 1. The number of ether oxygens (including phenoxy) is 1. The molecule has 0 saturated carbocycles. The van der Waals surface area contributed by atoms with Crippen LogP contribution >= 0.6 is 0 Å². The van der Waals surface area contributed by atoms with Crippen LogP contribution in [-0.4, -0.2) is 59.1 Å². The number of fused-ring (bicyclic) bond motifs is 1. The maximum Gasteiger partial charge on any atom is 0.310 e. The summed E-state index contributed by atoms with van der Waals surface area (Å²) in [6, 6.07) is -0.675. The van der Waals surface area contributed by atoms with Crippen LogP contribution in [0.4, 0.5) is 0 Å². The number of hydrogen-bond donors (Lipinski definition) is 2. The van der Waals surface area contributed by atoms with E-state index < -0.39 is 23.4 Å². The second-order valence-corrected chi connectivity index (χ2v) is 11.1. The highest BCUT2D eigenvalue weighted by atomic mass is 16.5. The van der Waals surface area contributed by atoms with Crippen LogP contribution in [0.5, 0.6) is 0 Å². The standard InChI is InChI=1S/C25H42N2O5/c1-8-32-23(31)18-16(2)11-12-17-19(18)22(30)27(13-9-10-14-28)20(17)21(29)26-25(6,7)15-24(3,4)5/h11-12,16-20,28H,8-10,13-15H2,1-7H3,(H,26,29)/t16-,17+,18-,19-,20+/m1/s1. The van der Waals surface area contributed by atoms with E-state index in [4.69, 9.17) is 4.74 Å². The molecular weight excluding hydrogens is 408 g/mol. The molecule has 1 saturated heterocycles. The number of hydrogen-bond acceptors (Lipinski definition) is 5. The second-order valence-electron chi connectivity index (χ2n) is 11.1. The van der Waals surface area contributed by atoms with Crippen molar-refractivity contribution in [1.29, 1.82) is 0 Å². The first-order valence-electron chi connectivity index (χ1n) is 11.9. The first-order valence-corrected chi connectivity index (χ1v) is 11.9. The molecular formula is C25H42N2O5. The number of aliphatic hydroxyl groups is 1. The molecule has 1 aliphatic carbocycles. The normalized spacial score (nSPS) is 27.9. The average Bonchev–Trinajstić information content (AvgIpc) is 2.92. The number of carbonyl (C=O) groups excluding carboxylic acids is 3. The number of likely N-dealkylation sites (tertiary alicyclic amines) is 1. The number of unbranched alkanes of at least 4 members (excludes halogenated alkanes) is 1. The van der Waals surface area contributed by atoms with Gasteiger partial charge in [-0.3, -0.25) is 14.4 Å². The van der Waals surface area contributed by atoms with Crippen molar-refractivity contribution in [1.82, 2.24) is 10.2 Å². The monoisotopic (exact) mass is 450 g/mol. The predicted octanol–water partition coefficient (Wildman–Crippen LogP) is 2.92. The van der Waals surface area contributed by atoms with E-state index in [-0.39, 0.29) is 48.2 Å². The van der Waals surface area contributed by atoms with Gasteiger partial charge in [-0.15, -0.1) is 0 Å². The Hall–Kier alpha value is -1.89. The molecule has 32 heavy (non-hydrogen) atoms. The Kier molecular flexibility index (Phi) is 8.54. The van der Waals surface area contributed by atoms with Crippen LogP contribution < -0.4 is 5.32 Å². The van der Waals surface area contributed by atoms with Crippen molar-refractivity contribution >= 4 is 17.8 Å². The van der Waals surface area contributed by atoms with Gasteiger partial charge in [0, 0.05) is 24.6 Å². The Morgan fingerprint density at radius 1 is 1.16 bits per heavy atom. The molecule has 1 heterocycles. The van der Waals surface area contributed by atoms with Crippen LogP contribution in [0.15, 0.2) is 12.2 Å². The Morgan fingerprint density at radius 3 is 2.38 bits per heavy atom. The smallest absolute Gasteiger partial charge is 0.310 e. The molecule has 0 bridgehead atoms. The SMILES string of the molecule is CCOC(=O)[C@H]1[C@@H]2C(=O)N(CCCCO)[C@H](C(=O)NC(C)(C)CC(C)(C)C)[C@H]2C=C[C@H]1C. The minimum atomic E-state index is -0.675. The maximum atomic E-state index is 13.6. The van der Waals surface area contributed by atoms with Crippen molar-refractivity contribution in [2.45, 2.75) is 79.3 Å². The molecule has 2 N–H and O–H groups in total. The summed E-state index contributed by atoms with van der Waals surface area (Å²) in [6.07, 6.45) is 5.81. The summed E-state index contributed by atoms with van der Waals surface area (Å²) >= 11 is 0. The van der Waals surface area contributed by atoms with Gasteiger partial charge in [0.15, 0.2) is 0 Å². The highest BCUT2D eigenvalue weighted by Gasteiger charge is 2.57. The lowest BCUT2D eigenvalue weighted by molar-refractivity contribution is -0.155. The number of aliphatic hydroxyl groups excluding tert-OH is 1. The minimum Gasteiger partial charge on any atom is -0.466 e. The van der Waals surface area contributed by atoms with Crippen molar-refractivity contribution < 1.29 is 24.2 Å². The molecule has 7 nitrogen and oxygen atoms in total. The van der Waals surface area contributed by atoms with Crippen molar-refractivity contribution in [3.05, 3.63) is 12.2 Å². The van der Waals surface area contributed by atoms with Crippen LogP contribution in [0.2, 0.25) is 0 Å². The van der Waals surface area contributed by atoms with Gasteiger partial charge < -0.3 is 20.1 Å². The highest BCUT2D eigenvalue weighted by Crippen LogP contribution is 2.44. The molecule has 2 amide bonds. The summed E-state index contributed by atoms with van der Waals surface area (Å²) in [4.78, 5) is 41.5. The molecule has 5 atom stereocenters. The maximum absolute atomic E-state index is 13.6. The zero-order valence-corrected chi connectivity index (χ0v) is 20.8. The number of nitrogens with one attached hydrogen (secondary N) is 1. The average molecular weight is 451 g/mol. The number of amides is 2. The summed E-state index contributed by atoms with van der Waals surface area (Å²) in [5.41, 5.74) is -0.416. The minimum absolute atomic E-state index is 0.0286. The molecule has 1 fully saturated rings. The molecule has 0 aromatic heterocycles. The molecule has 0 unspecified atom stereocenters. The van der Waals surface area contributed by atoms with Crippen LogP contribution in [0.25, 0.3) is 0 Å². The molecule has 1 aliphatic heterocycles. The Bertz CT molecular complexity index is 724. The summed E-state index contributed by atoms with van der Waals surface area (Å²) in [7, 11) is 0. The van der Waals surface area contributed by atoms with Gasteiger partial charge in [-0.1, -0.05) is 39.8 Å². The Labute approximate surface area is 192 Å². The third-order valence-corrected chi connectivity index (χ3v) is 6.34. The summed E-state index contributed by atoms with van der Waals surface area (Å²) < 4.78 is 5.30. The van der Waals surface area contributed by atoms with Crippen LogP contribution in [0, 0.1) is 29.1 Å². The molecule has 0 spiro atoms. The molecule has 7 heteroatoms. The van der Waals surface area contributed by atoms with E-state index in [1.165, 1.54) is 0 Å². The fourth-order valence-corrected chi connectivity index (χ4v) is 5.60. The summed E-state index contributed by atoms with van der Waals surface area (Å²) in [6.45, 7) is 14.7. The van der Waals surface area contributed by atoms with E-state index in [0.29, 0.717) is 19.4 Å². The van der Waals surface area contributed by atoms with Gasteiger partial charge in [-0.2, -0.15) is 0 Å². The largest absolute Gasteiger partial charge is 0.466 e. The van der Waals surface area contributed by atoms with E-state index >= 15 is 0 Å². The van der Waals surface area contributed by atoms with Gasteiger partial charge in [-0.25, -0.2) is 0 Å². The number of nitrogens with zero attached hydrogens (tertiary/aromatic N) is 1. The van der Waals surface area contributed by atoms with Crippen LogP contribution in [0.1, 0.15) is 67.7 Å². The molecule has 0 aromatic carbocycles. The fourth-order valence-electron chi connectivity index (χ4n) is 5.60. The molecule has 182 valence electrons. The van der Waals surface area contributed by atoms with E-state index in [2.05, 4.69) is 26.1 Å². The lowest BCUT2D eigenvalue weighted by atomic mass is 9.70. The lowest BCUT2D eigenvalue weighted by Crippen LogP contribution is -2.54. The second kappa shape index (κ2) is 10.4. The third kappa shape index (κ3) is 6.12. The number of esters is 1. The number of carbonyl (C=O) groups is 3. The van der Waals surface area contributed by atoms with Crippen molar-refractivity contribution in [2.75, 3.05) is 19.8 Å². The lowest BCUT2D eigenvalue weighted by Gasteiger charge is -2.36. The van der Waals surface area contributed by atoms with Crippen LogP contribution in [-0.2, 0) is 19.1 Å². The van der Waals surface area contributed by atoms with E-state index in [1.54, 1.807) is 11.8 Å². The molecule has 0 radical (unpaired) electrons. The highest BCUT2D eigenvalue weighted by molar-refractivity contribution is 5.96. The van der Waals surface area contributed by atoms with Crippen molar-refractivity contribution in [3.8, 4) is 0 Å². The van der Waals surface area contributed by atoms with Gasteiger partial charge in [0.2, 0.25) is 11.8 Å². The summed E-state index contributed by atoms with van der Waals surface area (Å²) in [5, 5.41) is 12.4. The Morgan fingerprint density at radius 2 is 1.81 bits per heavy atom. The molecule has 0 aromatic rings. The fraction of sp³-hybridized carbons (Fsp3) is 0.800. The van der Waals surface area contributed by atoms with Crippen LogP contribution in [0.3, 0.4) is 0 Å². The zero-order valence-electron chi connectivity index (χ0n) is 20.8. The summed E-state index contributed by atoms with van der Waals surface area (Å²) in [5.74, 6) is -2.47.